The molecule has 0 radical (unpaired) electrons. The van der Waals surface area contributed by atoms with Crippen LogP contribution in [0.2, 0.25) is 0 Å². The van der Waals surface area contributed by atoms with Crippen molar-refractivity contribution in [2.75, 3.05) is 0 Å². The molecule has 4 heteroatoms. The van der Waals surface area contributed by atoms with E-state index in [1.54, 1.807) is 0 Å². The lowest BCUT2D eigenvalue weighted by Crippen LogP contribution is -1.77. The lowest BCUT2D eigenvalue weighted by atomic mass is 10.1. The Labute approximate surface area is 79.3 Å². The Balaban J connectivity index is 2.98. The zero-order valence-electron chi connectivity index (χ0n) is 7.10. The minimum absolute atomic E-state index is 0.0463. The highest BCUT2D eigenvalue weighted by molar-refractivity contribution is 5.96. The third kappa shape index (κ3) is 1.01. The molecule has 0 fully saturated rings. The average Bonchev–Trinajstić information content (AvgIpc) is 2.17. The first kappa shape index (κ1) is 8.50. The van der Waals surface area contributed by atoms with Crippen molar-refractivity contribution in [3.05, 3.63) is 24.3 Å². The number of phenols is 4. The Morgan fingerprint density at radius 3 is 1.50 bits per heavy atom. The molecule has 0 unspecified atom stereocenters. The van der Waals surface area contributed by atoms with E-state index in [0.717, 1.165) is 0 Å². The molecule has 0 aliphatic rings. The largest absolute Gasteiger partial charge is 0.504 e. The SMILES string of the molecule is Oc1ccc2ccc(O)c(O)c2c1O. The molecule has 0 aliphatic carbocycles. The third-order valence-electron chi connectivity index (χ3n) is 2.09. The van der Waals surface area contributed by atoms with E-state index in [2.05, 4.69) is 0 Å². The van der Waals surface area contributed by atoms with Gasteiger partial charge < -0.3 is 20.4 Å². The van der Waals surface area contributed by atoms with Crippen LogP contribution in [0.25, 0.3) is 10.8 Å². The fourth-order valence-corrected chi connectivity index (χ4v) is 1.36. The molecule has 2 aromatic rings. The summed E-state index contributed by atoms with van der Waals surface area (Å²) < 4.78 is 0. The molecule has 2 rings (SSSR count). The minimum atomic E-state index is -0.434. The summed E-state index contributed by atoms with van der Waals surface area (Å²) in [7, 11) is 0. The van der Waals surface area contributed by atoms with Crippen LogP contribution in [0.5, 0.6) is 23.0 Å². The topological polar surface area (TPSA) is 80.9 Å². The van der Waals surface area contributed by atoms with Crippen LogP contribution in [0.1, 0.15) is 0 Å². The predicted molar refractivity (Wildman–Crippen MR) is 50.6 cm³/mol. The van der Waals surface area contributed by atoms with Crippen molar-refractivity contribution in [3.8, 4) is 23.0 Å². The zero-order valence-corrected chi connectivity index (χ0v) is 7.10. The standard InChI is InChI=1S/C10H8O4/c11-6-3-1-5-2-4-7(12)10(14)8(5)9(6)13/h1-4,11-14H. The van der Waals surface area contributed by atoms with E-state index in [0.29, 0.717) is 5.39 Å². The number of aromatic hydroxyl groups is 4. The van der Waals surface area contributed by atoms with Gasteiger partial charge in [0.25, 0.3) is 0 Å². The van der Waals surface area contributed by atoms with Crippen LogP contribution < -0.4 is 0 Å². The summed E-state index contributed by atoms with van der Waals surface area (Å²) in [5, 5.41) is 37.8. The molecule has 2 aromatic carbocycles. The smallest absolute Gasteiger partial charge is 0.169 e. The summed E-state index contributed by atoms with van der Waals surface area (Å²) in [4.78, 5) is 0. The summed E-state index contributed by atoms with van der Waals surface area (Å²) >= 11 is 0. The van der Waals surface area contributed by atoms with Crippen LogP contribution >= 0.6 is 0 Å². The Hall–Kier alpha value is -2.10. The van der Waals surface area contributed by atoms with Gasteiger partial charge in [0.15, 0.2) is 23.0 Å². The third-order valence-corrected chi connectivity index (χ3v) is 2.09. The van der Waals surface area contributed by atoms with Crippen LogP contribution in [-0.2, 0) is 0 Å². The lowest BCUT2D eigenvalue weighted by molar-refractivity contribution is 0.395. The first-order chi connectivity index (χ1) is 6.61. The fraction of sp³-hybridized carbons (Fsp3) is 0. The second kappa shape index (κ2) is 2.70. The van der Waals surface area contributed by atoms with Gasteiger partial charge in [-0.05, 0) is 17.5 Å². The molecule has 72 valence electrons. The Kier molecular flexibility index (Phi) is 1.64. The molecular weight excluding hydrogens is 184 g/mol. The van der Waals surface area contributed by atoms with Crippen LogP contribution in [0.4, 0.5) is 0 Å². The van der Waals surface area contributed by atoms with E-state index in [4.69, 9.17) is 0 Å². The molecule has 0 atom stereocenters. The summed E-state index contributed by atoms with van der Waals surface area (Å²) in [6.45, 7) is 0. The van der Waals surface area contributed by atoms with Gasteiger partial charge in [0.1, 0.15) is 0 Å². The predicted octanol–water partition coefficient (Wildman–Crippen LogP) is 1.66. The lowest BCUT2D eigenvalue weighted by Gasteiger charge is -2.06. The van der Waals surface area contributed by atoms with Crippen molar-refractivity contribution >= 4 is 10.8 Å². The van der Waals surface area contributed by atoms with Gasteiger partial charge in [0.05, 0.1) is 5.39 Å². The van der Waals surface area contributed by atoms with E-state index >= 15 is 0 Å². The summed E-state index contributed by atoms with van der Waals surface area (Å²) in [5.41, 5.74) is 0. The van der Waals surface area contributed by atoms with Crippen molar-refractivity contribution in [2.24, 2.45) is 0 Å². The Morgan fingerprint density at radius 1 is 0.643 bits per heavy atom. The van der Waals surface area contributed by atoms with Crippen LogP contribution in [-0.4, -0.2) is 20.4 Å². The van der Waals surface area contributed by atoms with E-state index in [1.807, 2.05) is 0 Å². The number of benzene rings is 2. The maximum atomic E-state index is 9.44. The highest BCUT2D eigenvalue weighted by Gasteiger charge is 2.12. The average molecular weight is 192 g/mol. The number of rotatable bonds is 0. The van der Waals surface area contributed by atoms with Gasteiger partial charge in [-0.25, -0.2) is 0 Å². The second-order valence-electron chi connectivity index (χ2n) is 2.96. The van der Waals surface area contributed by atoms with Gasteiger partial charge in [-0.2, -0.15) is 0 Å². The molecule has 0 spiro atoms. The van der Waals surface area contributed by atoms with Gasteiger partial charge in [-0.3, -0.25) is 0 Å². The highest BCUT2D eigenvalue weighted by atomic mass is 16.3. The number of phenolic OH excluding ortho intramolecular Hbond substituents is 4. The van der Waals surface area contributed by atoms with E-state index < -0.39 is 11.5 Å². The number of hydrogen-bond donors (Lipinski definition) is 4. The van der Waals surface area contributed by atoms with Gasteiger partial charge in [0, 0.05) is 0 Å². The molecule has 14 heavy (non-hydrogen) atoms. The Bertz CT molecular complexity index is 462. The van der Waals surface area contributed by atoms with Crippen molar-refractivity contribution < 1.29 is 20.4 Å². The van der Waals surface area contributed by atoms with E-state index in [-0.39, 0.29) is 16.9 Å². The van der Waals surface area contributed by atoms with Crippen molar-refractivity contribution in [2.45, 2.75) is 0 Å². The molecular formula is C10H8O4. The fourth-order valence-electron chi connectivity index (χ4n) is 1.36. The van der Waals surface area contributed by atoms with Crippen molar-refractivity contribution in [1.29, 1.82) is 0 Å². The summed E-state index contributed by atoms with van der Waals surface area (Å²) in [6, 6.07) is 5.69. The minimum Gasteiger partial charge on any atom is -0.504 e. The van der Waals surface area contributed by atoms with Crippen molar-refractivity contribution in [1.82, 2.24) is 0 Å². The zero-order chi connectivity index (χ0) is 10.3. The molecule has 4 nitrogen and oxygen atoms in total. The van der Waals surface area contributed by atoms with Gasteiger partial charge in [0.2, 0.25) is 0 Å². The molecule has 0 amide bonds. The molecule has 0 saturated heterocycles. The maximum Gasteiger partial charge on any atom is 0.169 e. The van der Waals surface area contributed by atoms with Crippen LogP contribution in [0, 0.1) is 0 Å². The molecule has 0 saturated carbocycles. The van der Waals surface area contributed by atoms with Gasteiger partial charge in [-0.15, -0.1) is 0 Å². The van der Waals surface area contributed by atoms with Gasteiger partial charge in [-0.1, -0.05) is 12.1 Å². The first-order valence-electron chi connectivity index (χ1n) is 3.97. The monoisotopic (exact) mass is 192 g/mol. The Morgan fingerprint density at radius 2 is 1.07 bits per heavy atom. The molecule has 0 heterocycles. The summed E-state index contributed by atoms with van der Waals surface area (Å²) in [6.07, 6.45) is 0. The van der Waals surface area contributed by atoms with Crippen molar-refractivity contribution in [3.63, 3.8) is 0 Å². The molecule has 0 aromatic heterocycles. The molecule has 0 aliphatic heterocycles. The summed E-state index contributed by atoms with van der Waals surface area (Å²) in [5.74, 6) is -1.54. The molecule has 4 N–H and O–H groups in total. The van der Waals surface area contributed by atoms with E-state index in [9.17, 15) is 20.4 Å². The van der Waals surface area contributed by atoms with Crippen LogP contribution in [0.15, 0.2) is 24.3 Å². The van der Waals surface area contributed by atoms with Crippen LogP contribution in [0.3, 0.4) is 0 Å². The maximum absolute atomic E-state index is 9.44. The number of fused-ring (bicyclic) bond motifs is 1. The quantitative estimate of drug-likeness (QED) is 0.478. The van der Waals surface area contributed by atoms with E-state index in [1.165, 1.54) is 24.3 Å². The normalized spacial score (nSPS) is 10.6. The molecule has 0 bridgehead atoms. The van der Waals surface area contributed by atoms with Gasteiger partial charge >= 0.3 is 0 Å². The highest BCUT2D eigenvalue weighted by Crippen LogP contribution is 2.42. The second-order valence-corrected chi connectivity index (χ2v) is 2.96. The first-order valence-corrected chi connectivity index (χ1v) is 3.97. The number of hydrogen-bond acceptors (Lipinski definition) is 4.